The van der Waals surface area contributed by atoms with Crippen LogP contribution in [0.1, 0.15) is 23.1 Å². The highest BCUT2D eigenvalue weighted by atomic mass is 35.5. The Kier molecular flexibility index (Phi) is 6.11. The van der Waals surface area contributed by atoms with Crippen molar-refractivity contribution in [2.75, 3.05) is 25.1 Å². The third kappa shape index (κ3) is 4.56. The summed E-state index contributed by atoms with van der Waals surface area (Å²) in [5.41, 5.74) is 3.18. The summed E-state index contributed by atoms with van der Waals surface area (Å²) in [6, 6.07) is 14.9. The molecule has 0 unspecified atom stereocenters. The van der Waals surface area contributed by atoms with Crippen molar-refractivity contribution in [3.8, 4) is 17.2 Å². The van der Waals surface area contributed by atoms with E-state index in [9.17, 15) is 9.59 Å². The van der Waals surface area contributed by atoms with Crippen molar-refractivity contribution in [1.82, 2.24) is 9.88 Å². The van der Waals surface area contributed by atoms with E-state index in [0.717, 1.165) is 23.3 Å². The highest BCUT2D eigenvalue weighted by molar-refractivity contribution is 6.30. The largest absolute Gasteiger partial charge is 0.497 e. The monoisotopic (exact) mass is 477 g/mol. The second kappa shape index (κ2) is 9.35. The number of ether oxygens (including phenoxy) is 2. The standard InChI is InChI=1S/C26H24ClN3O4/c1-33-22-6-2-17-10-11-29(15-19(17)13-22)25(32)16-30-24(31)9-3-18-12-23(14-28-26(18)30)34-21-7-4-20(27)5-8-21/h2,4-8,12-14H,3,9-11,15-16H2,1H3. The Labute approximate surface area is 202 Å². The smallest absolute Gasteiger partial charge is 0.243 e. The molecule has 0 saturated carbocycles. The van der Waals surface area contributed by atoms with Gasteiger partial charge in [0.1, 0.15) is 29.6 Å². The van der Waals surface area contributed by atoms with Gasteiger partial charge >= 0.3 is 0 Å². The number of carbonyl (C=O) groups excluding carboxylic acids is 2. The maximum absolute atomic E-state index is 13.2. The Morgan fingerprint density at radius 2 is 1.74 bits per heavy atom. The lowest BCUT2D eigenvalue weighted by atomic mass is 9.99. The number of amides is 2. The predicted octanol–water partition coefficient (Wildman–Crippen LogP) is 4.40. The number of halogens is 1. The van der Waals surface area contributed by atoms with Crippen molar-refractivity contribution in [1.29, 1.82) is 0 Å². The number of nitrogens with zero attached hydrogens (tertiary/aromatic N) is 3. The van der Waals surface area contributed by atoms with Crippen LogP contribution in [0.5, 0.6) is 17.2 Å². The molecule has 2 amide bonds. The summed E-state index contributed by atoms with van der Waals surface area (Å²) in [4.78, 5) is 33.7. The molecular formula is C26H24ClN3O4. The highest BCUT2D eigenvalue weighted by Crippen LogP contribution is 2.31. The number of aryl methyl sites for hydroxylation is 1. The number of pyridine rings is 1. The zero-order valence-corrected chi connectivity index (χ0v) is 19.5. The van der Waals surface area contributed by atoms with Crippen molar-refractivity contribution in [3.05, 3.63) is 76.4 Å². The molecule has 34 heavy (non-hydrogen) atoms. The third-order valence-electron chi connectivity index (χ3n) is 6.20. The lowest BCUT2D eigenvalue weighted by Crippen LogP contribution is -2.46. The Morgan fingerprint density at radius 1 is 0.971 bits per heavy atom. The number of aromatic nitrogens is 1. The molecule has 174 valence electrons. The van der Waals surface area contributed by atoms with Crippen LogP contribution < -0.4 is 14.4 Å². The van der Waals surface area contributed by atoms with Gasteiger partial charge in [0.25, 0.3) is 0 Å². The van der Waals surface area contributed by atoms with E-state index in [4.69, 9.17) is 21.1 Å². The van der Waals surface area contributed by atoms with Crippen molar-refractivity contribution in [2.24, 2.45) is 0 Å². The zero-order valence-electron chi connectivity index (χ0n) is 18.8. The van der Waals surface area contributed by atoms with Crippen molar-refractivity contribution < 1.29 is 19.1 Å². The second-order valence-electron chi connectivity index (χ2n) is 8.39. The topological polar surface area (TPSA) is 72.0 Å². The van der Waals surface area contributed by atoms with Crippen LogP contribution in [0.15, 0.2) is 54.7 Å². The fourth-order valence-electron chi connectivity index (χ4n) is 4.37. The van der Waals surface area contributed by atoms with Crippen LogP contribution in [0.2, 0.25) is 5.02 Å². The fraction of sp³-hybridized carbons (Fsp3) is 0.269. The first kappa shape index (κ1) is 22.2. The average Bonchev–Trinajstić information content (AvgIpc) is 2.86. The molecule has 0 spiro atoms. The summed E-state index contributed by atoms with van der Waals surface area (Å²) in [6.45, 7) is 1.09. The number of carbonyl (C=O) groups is 2. The van der Waals surface area contributed by atoms with Gasteiger partial charge in [-0.3, -0.25) is 14.5 Å². The minimum Gasteiger partial charge on any atom is -0.497 e. The Balaban J connectivity index is 1.31. The summed E-state index contributed by atoms with van der Waals surface area (Å²) < 4.78 is 11.2. The summed E-state index contributed by atoms with van der Waals surface area (Å²) in [6.07, 6.45) is 3.24. The van der Waals surface area contributed by atoms with E-state index in [0.29, 0.717) is 48.3 Å². The van der Waals surface area contributed by atoms with Gasteiger partial charge in [0.15, 0.2) is 0 Å². The Bertz CT molecular complexity index is 1250. The Morgan fingerprint density at radius 3 is 2.53 bits per heavy atom. The maximum Gasteiger partial charge on any atom is 0.243 e. The third-order valence-corrected chi connectivity index (χ3v) is 6.46. The SMILES string of the molecule is COc1ccc2c(c1)CN(C(=O)CN1C(=O)CCc3cc(Oc4ccc(Cl)cc4)cnc31)CC2. The summed E-state index contributed by atoms with van der Waals surface area (Å²) in [7, 11) is 1.63. The van der Waals surface area contributed by atoms with Gasteiger partial charge in [-0.15, -0.1) is 0 Å². The number of benzene rings is 2. The minimum absolute atomic E-state index is 0.0322. The molecule has 2 aliphatic heterocycles. The lowest BCUT2D eigenvalue weighted by Gasteiger charge is -2.33. The molecule has 3 aromatic rings. The molecule has 0 aliphatic carbocycles. The van der Waals surface area contributed by atoms with Gasteiger partial charge in [-0.25, -0.2) is 4.98 Å². The van der Waals surface area contributed by atoms with E-state index < -0.39 is 0 Å². The minimum atomic E-state index is -0.0991. The molecule has 0 saturated heterocycles. The molecule has 0 atom stereocenters. The number of rotatable bonds is 5. The summed E-state index contributed by atoms with van der Waals surface area (Å²) in [5.74, 6) is 2.31. The van der Waals surface area contributed by atoms with Crippen LogP contribution in [0.25, 0.3) is 0 Å². The predicted molar refractivity (Wildman–Crippen MR) is 129 cm³/mol. The van der Waals surface area contributed by atoms with Gasteiger partial charge in [0, 0.05) is 24.5 Å². The number of hydrogen-bond donors (Lipinski definition) is 0. The van der Waals surface area contributed by atoms with Gasteiger partial charge in [-0.05, 0) is 72.0 Å². The lowest BCUT2D eigenvalue weighted by molar-refractivity contribution is -0.132. The van der Waals surface area contributed by atoms with E-state index >= 15 is 0 Å². The molecule has 0 N–H and O–H groups in total. The molecule has 0 bridgehead atoms. The van der Waals surface area contributed by atoms with Gasteiger partial charge in [-0.2, -0.15) is 0 Å². The van der Waals surface area contributed by atoms with Crippen molar-refractivity contribution in [2.45, 2.75) is 25.8 Å². The molecular weight excluding hydrogens is 454 g/mol. The number of anilines is 1. The van der Waals surface area contributed by atoms with Crippen LogP contribution in [-0.2, 0) is 29.0 Å². The molecule has 3 heterocycles. The molecule has 2 aromatic carbocycles. The average molecular weight is 478 g/mol. The van der Waals surface area contributed by atoms with Gasteiger partial charge in [-0.1, -0.05) is 17.7 Å². The number of hydrogen-bond acceptors (Lipinski definition) is 5. The first-order valence-electron chi connectivity index (χ1n) is 11.2. The molecule has 0 fully saturated rings. The van der Waals surface area contributed by atoms with Gasteiger partial charge < -0.3 is 14.4 Å². The van der Waals surface area contributed by atoms with E-state index in [1.165, 1.54) is 10.5 Å². The number of methoxy groups -OCH3 is 1. The summed E-state index contributed by atoms with van der Waals surface area (Å²) >= 11 is 5.93. The van der Waals surface area contributed by atoms with Gasteiger partial charge in [0.2, 0.25) is 11.8 Å². The number of fused-ring (bicyclic) bond motifs is 2. The normalized spacial score (nSPS) is 14.9. The second-order valence-corrected chi connectivity index (χ2v) is 8.83. The molecule has 8 heteroatoms. The van der Waals surface area contributed by atoms with Crippen molar-refractivity contribution >= 4 is 29.2 Å². The van der Waals surface area contributed by atoms with E-state index in [2.05, 4.69) is 4.98 Å². The first-order chi connectivity index (χ1) is 16.5. The zero-order chi connectivity index (χ0) is 23.7. The Hall–Kier alpha value is -3.58. The van der Waals surface area contributed by atoms with Crippen LogP contribution in [0.4, 0.5) is 5.82 Å². The molecule has 5 rings (SSSR count). The van der Waals surface area contributed by atoms with E-state index in [1.807, 2.05) is 24.3 Å². The van der Waals surface area contributed by atoms with Crippen LogP contribution in [-0.4, -0.2) is 41.9 Å². The first-order valence-corrected chi connectivity index (χ1v) is 11.5. The van der Waals surface area contributed by atoms with Crippen LogP contribution in [0.3, 0.4) is 0 Å². The van der Waals surface area contributed by atoms with Crippen LogP contribution in [0, 0.1) is 0 Å². The van der Waals surface area contributed by atoms with Crippen LogP contribution >= 0.6 is 11.6 Å². The molecule has 1 aromatic heterocycles. The quantitative estimate of drug-likeness (QED) is 0.544. The molecule has 0 radical (unpaired) electrons. The summed E-state index contributed by atoms with van der Waals surface area (Å²) in [5, 5.41) is 0.631. The molecule has 2 aliphatic rings. The van der Waals surface area contributed by atoms with E-state index in [1.54, 1.807) is 42.5 Å². The van der Waals surface area contributed by atoms with Crippen molar-refractivity contribution in [3.63, 3.8) is 0 Å². The fourth-order valence-corrected chi connectivity index (χ4v) is 4.50. The van der Waals surface area contributed by atoms with Gasteiger partial charge in [0.05, 0.1) is 13.3 Å². The molecule has 7 nitrogen and oxygen atoms in total. The highest BCUT2D eigenvalue weighted by Gasteiger charge is 2.30. The van der Waals surface area contributed by atoms with E-state index in [-0.39, 0.29) is 18.4 Å². The maximum atomic E-state index is 13.2.